The van der Waals surface area contributed by atoms with Crippen molar-refractivity contribution < 1.29 is 18.0 Å². The zero-order valence-electron chi connectivity index (χ0n) is 15.6. The highest BCUT2D eigenvalue weighted by Crippen LogP contribution is 2.39. The van der Waals surface area contributed by atoms with Crippen LogP contribution in [-0.4, -0.2) is 39.1 Å². The van der Waals surface area contributed by atoms with Crippen molar-refractivity contribution in [3.05, 3.63) is 66.2 Å². The van der Waals surface area contributed by atoms with Gasteiger partial charge in [0.05, 0.1) is 11.6 Å². The van der Waals surface area contributed by atoms with Crippen LogP contribution in [0.1, 0.15) is 11.1 Å². The van der Waals surface area contributed by atoms with Gasteiger partial charge in [-0.2, -0.15) is 18.4 Å². The van der Waals surface area contributed by atoms with Gasteiger partial charge in [0, 0.05) is 23.5 Å². The van der Waals surface area contributed by atoms with Crippen molar-refractivity contribution in [1.29, 1.82) is 0 Å². The van der Waals surface area contributed by atoms with E-state index in [1.807, 2.05) is 23.1 Å². The lowest BCUT2D eigenvalue weighted by molar-refractivity contribution is -0.137. The predicted molar refractivity (Wildman–Crippen MR) is 104 cm³/mol. The second kappa shape index (κ2) is 7.62. The molecule has 1 unspecified atom stereocenters. The van der Waals surface area contributed by atoms with E-state index in [1.165, 1.54) is 18.2 Å². The van der Waals surface area contributed by atoms with Crippen LogP contribution in [0.5, 0.6) is 0 Å². The summed E-state index contributed by atoms with van der Waals surface area (Å²) in [5, 5.41) is 17.0. The molecule has 1 aromatic heterocycles. The van der Waals surface area contributed by atoms with Gasteiger partial charge in [-0.05, 0) is 53.6 Å². The molecule has 2 aromatic carbocycles. The summed E-state index contributed by atoms with van der Waals surface area (Å²) in [6.07, 6.45) is -2.73. The Morgan fingerprint density at radius 1 is 1.23 bits per heavy atom. The Hall–Kier alpha value is -3.69. The number of hydrogen-bond acceptors (Lipinski definition) is 5. The molecule has 0 radical (unpaired) electrons. The number of nitrogens with zero attached hydrogens (tertiary/aromatic N) is 4. The first-order chi connectivity index (χ1) is 14.4. The summed E-state index contributed by atoms with van der Waals surface area (Å²) in [6, 6.07) is 10.2. The maximum atomic E-state index is 13.0. The smallest absolute Gasteiger partial charge is 0.348 e. The lowest BCUT2D eigenvalue weighted by atomic mass is 9.92. The van der Waals surface area contributed by atoms with E-state index < -0.39 is 11.7 Å². The van der Waals surface area contributed by atoms with Crippen LogP contribution in [0.3, 0.4) is 0 Å². The summed E-state index contributed by atoms with van der Waals surface area (Å²) in [5.74, 6) is 0.0720. The fourth-order valence-corrected chi connectivity index (χ4v) is 3.59. The molecule has 2 N–H and O–H groups in total. The lowest BCUT2D eigenvalue weighted by Gasteiger charge is -2.37. The summed E-state index contributed by atoms with van der Waals surface area (Å²) < 4.78 is 38.9. The first-order valence-electron chi connectivity index (χ1n) is 9.10. The first-order valence-corrected chi connectivity index (χ1v) is 9.10. The highest BCUT2D eigenvalue weighted by molar-refractivity contribution is 5.87. The number of rotatable bonds is 4. The number of hydrogen-bond donors (Lipinski definition) is 2. The molecular weight excluding hydrogens is 397 g/mol. The fourth-order valence-electron chi connectivity index (χ4n) is 3.59. The van der Waals surface area contributed by atoms with Crippen LogP contribution in [-0.2, 0) is 17.4 Å². The number of aromatic amines is 1. The molecule has 2 heterocycles. The molecule has 1 amide bonds. The minimum Gasteiger partial charge on any atom is -0.348 e. The van der Waals surface area contributed by atoms with Gasteiger partial charge in [-0.3, -0.25) is 4.79 Å². The quantitative estimate of drug-likeness (QED) is 0.640. The molecule has 4 rings (SSSR count). The van der Waals surface area contributed by atoms with E-state index >= 15 is 0 Å². The van der Waals surface area contributed by atoms with Gasteiger partial charge in [-0.1, -0.05) is 18.7 Å². The number of amides is 1. The predicted octanol–water partition coefficient (Wildman–Crippen LogP) is 3.25. The zero-order chi connectivity index (χ0) is 21.3. The largest absolute Gasteiger partial charge is 0.416 e. The van der Waals surface area contributed by atoms with E-state index in [0.29, 0.717) is 24.5 Å². The number of benzene rings is 2. The van der Waals surface area contributed by atoms with Crippen molar-refractivity contribution in [2.75, 3.05) is 11.4 Å². The Bertz CT molecular complexity index is 1060. The SMILES string of the molecule is C=CC(=O)NC1Cc2c(-c3nn[nH]n3)cccc2N(c2ccc(C(F)(F)F)cc2)C1. The maximum Gasteiger partial charge on any atom is 0.416 e. The Morgan fingerprint density at radius 2 is 2.00 bits per heavy atom. The summed E-state index contributed by atoms with van der Waals surface area (Å²) >= 11 is 0. The van der Waals surface area contributed by atoms with Crippen molar-refractivity contribution in [1.82, 2.24) is 25.9 Å². The Morgan fingerprint density at radius 3 is 2.63 bits per heavy atom. The van der Waals surface area contributed by atoms with E-state index in [1.54, 1.807) is 0 Å². The molecule has 7 nitrogen and oxygen atoms in total. The molecule has 0 spiro atoms. The number of tetrazole rings is 1. The highest BCUT2D eigenvalue weighted by atomic mass is 19.4. The zero-order valence-corrected chi connectivity index (χ0v) is 15.6. The van der Waals surface area contributed by atoms with Gasteiger partial charge >= 0.3 is 6.18 Å². The molecule has 0 saturated carbocycles. The number of nitrogens with one attached hydrogen (secondary N) is 2. The fraction of sp³-hybridized carbons (Fsp3) is 0.200. The molecule has 1 aliphatic heterocycles. The second-order valence-electron chi connectivity index (χ2n) is 6.81. The third kappa shape index (κ3) is 3.76. The summed E-state index contributed by atoms with van der Waals surface area (Å²) in [4.78, 5) is 13.8. The number of H-pyrrole nitrogens is 1. The number of aromatic nitrogens is 4. The van der Waals surface area contributed by atoms with Crippen LogP contribution in [0.25, 0.3) is 11.4 Å². The van der Waals surface area contributed by atoms with Gasteiger partial charge in [0.15, 0.2) is 0 Å². The van der Waals surface area contributed by atoms with Gasteiger partial charge < -0.3 is 10.2 Å². The maximum absolute atomic E-state index is 13.0. The van der Waals surface area contributed by atoms with Gasteiger partial charge in [0.2, 0.25) is 11.7 Å². The number of carbonyl (C=O) groups excluding carboxylic acids is 1. The summed E-state index contributed by atoms with van der Waals surface area (Å²) in [7, 11) is 0. The molecule has 10 heteroatoms. The minimum atomic E-state index is -4.41. The van der Waals surface area contributed by atoms with Crippen molar-refractivity contribution in [2.24, 2.45) is 0 Å². The summed E-state index contributed by atoms with van der Waals surface area (Å²) in [5.41, 5.74) is 2.25. The number of carbonyl (C=O) groups is 1. The molecule has 0 bridgehead atoms. The number of alkyl halides is 3. The van der Waals surface area contributed by atoms with E-state index in [4.69, 9.17) is 0 Å². The van der Waals surface area contributed by atoms with E-state index in [2.05, 4.69) is 32.5 Å². The van der Waals surface area contributed by atoms with Gasteiger partial charge in [0.25, 0.3) is 0 Å². The van der Waals surface area contributed by atoms with E-state index in [9.17, 15) is 18.0 Å². The minimum absolute atomic E-state index is 0.293. The van der Waals surface area contributed by atoms with Crippen molar-refractivity contribution in [3.63, 3.8) is 0 Å². The molecule has 1 atom stereocenters. The Kier molecular flexibility index (Phi) is 4.98. The molecule has 1 aliphatic rings. The number of halogens is 3. The van der Waals surface area contributed by atoms with Crippen LogP contribution in [0, 0.1) is 0 Å². The summed E-state index contributed by atoms with van der Waals surface area (Å²) in [6.45, 7) is 3.86. The van der Waals surface area contributed by atoms with Gasteiger partial charge in [0.1, 0.15) is 0 Å². The molecule has 30 heavy (non-hydrogen) atoms. The van der Waals surface area contributed by atoms with E-state index in [-0.39, 0.29) is 11.9 Å². The molecule has 0 saturated heterocycles. The monoisotopic (exact) mass is 414 g/mol. The topological polar surface area (TPSA) is 86.8 Å². The standard InChI is InChI=1S/C20H17F3N6O/c1-2-18(30)24-13-10-16-15(19-25-27-28-26-19)4-3-5-17(16)29(11-13)14-8-6-12(7-9-14)20(21,22)23/h2-9,13H,1,10-11H2,(H,24,30)(H,25,26,27,28). The van der Waals surface area contributed by atoms with Crippen molar-refractivity contribution in [3.8, 4) is 11.4 Å². The third-order valence-electron chi connectivity index (χ3n) is 4.92. The van der Waals surface area contributed by atoms with Crippen molar-refractivity contribution in [2.45, 2.75) is 18.6 Å². The highest BCUT2D eigenvalue weighted by Gasteiger charge is 2.32. The van der Waals surface area contributed by atoms with Gasteiger partial charge in [-0.25, -0.2) is 0 Å². The molecular formula is C20H17F3N6O. The first kappa shape index (κ1) is 19.6. The average Bonchev–Trinajstić information content (AvgIpc) is 3.27. The lowest BCUT2D eigenvalue weighted by Crippen LogP contribution is -2.46. The van der Waals surface area contributed by atoms with Crippen LogP contribution in [0.15, 0.2) is 55.1 Å². The van der Waals surface area contributed by atoms with Crippen LogP contribution >= 0.6 is 0 Å². The Labute approximate surface area is 169 Å². The number of anilines is 2. The average molecular weight is 414 g/mol. The van der Waals surface area contributed by atoms with Crippen LogP contribution in [0.2, 0.25) is 0 Å². The van der Waals surface area contributed by atoms with Gasteiger partial charge in [-0.15, -0.1) is 10.2 Å². The molecule has 3 aromatic rings. The molecule has 0 aliphatic carbocycles. The number of fused-ring (bicyclic) bond motifs is 1. The van der Waals surface area contributed by atoms with E-state index in [0.717, 1.165) is 28.9 Å². The molecule has 154 valence electrons. The van der Waals surface area contributed by atoms with Crippen LogP contribution in [0.4, 0.5) is 24.5 Å². The van der Waals surface area contributed by atoms with Crippen molar-refractivity contribution >= 4 is 17.3 Å². The Balaban J connectivity index is 1.78. The third-order valence-corrected chi connectivity index (χ3v) is 4.92. The second-order valence-corrected chi connectivity index (χ2v) is 6.81. The molecule has 0 fully saturated rings. The normalized spacial score (nSPS) is 16.1. The van der Waals surface area contributed by atoms with Crippen LogP contribution < -0.4 is 10.2 Å².